The molecule has 0 saturated carbocycles. The quantitative estimate of drug-likeness (QED) is 0.522. The normalized spacial score (nSPS) is 12.4. The Morgan fingerprint density at radius 3 is 2.60 bits per heavy atom. The summed E-state index contributed by atoms with van der Waals surface area (Å²) in [6.45, 7) is 2.78. The third kappa shape index (κ3) is 3.61. The van der Waals surface area contributed by atoms with Crippen LogP contribution in [0.4, 0.5) is 4.39 Å². The number of nitrogens with one attached hydrogen (secondary N) is 1. The van der Waals surface area contributed by atoms with Crippen LogP contribution in [-0.4, -0.2) is 6.54 Å². The Labute approximate surface area is 148 Å². The van der Waals surface area contributed by atoms with E-state index in [9.17, 15) is 4.39 Å². The van der Waals surface area contributed by atoms with Gasteiger partial charge in [-0.1, -0.05) is 35.0 Å². The molecule has 20 heavy (non-hydrogen) atoms. The standard InChI is InChI=1S/C15H13Br2FIN/c1-2-20-15(10-4-3-5-13(17)14(10)18)11-8-9(19)6-7-12(11)16/h3-8,15,20H,2H2,1H3. The Morgan fingerprint density at radius 2 is 1.90 bits per heavy atom. The van der Waals surface area contributed by atoms with Crippen molar-refractivity contribution < 1.29 is 4.39 Å². The molecule has 2 aromatic carbocycles. The van der Waals surface area contributed by atoms with Crippen LogP contribution in [0.25, 0.3) is 0 Å². The molecule has 0 radical (unpaired) electrons. The molecule has 0 aliphatic heterocycles. The van der Waals surface area contributed by atoms with Crippen molar-refractivity contribution in [2.75, 3.05) is 6.54 Å². The predicted octanol–water partition coefficient (Wildman–Crippen LogP) is 5.65. The van der Waals surface area contributed by atoms with E-state index >= 15 is 0 Å². The van der Waals surface area contributed by atoms with Crippen molar-refractivity contribution in [2.24, 2.45) is 0 Å². The number of halogens is 4. The fourth-order valence-corrected chi connectivity index (χ4v) is 3.44. The van der Waals surface area contributed by atoms with E-state index in [1.54, 1.807) is 6.07 Å². The summed E-state index contributed by atoms with van der Waals surface area (Å²) in [6, 6.07) is 11.3. The second kappa shape index (κ2) is 7.33. The zero-order chi connectivity index (χ0) is 14.7. The van der Waals surface area contributed by atoms with Crippen molar-refractivity contribution in [3.63, 3.8) is 0 Å². The van der Waals surface area contributed by atoms with Gasteiger partial charge in [-0.25, -0.2) is 4.39 Å². The number of rotatable bonds is 4. The van der Waals surface area contributed by atoms with Gasteiger partial charge in [0.1, 0.15) is 5.82 Å². The molecule has 0 aliphatic carbocycles. The maximum Gasteiger partial charge on any atom is 0.142 e. The van der Waals surface area contributed by atoms with Crippen LogP contribution in [0.2, 0.25) is 0 Å². The van der Waals surface area contributed by atoms with E-state index in [1.807, 2.05) is 31.2 Å². The van der Waals surface area contributed by atoms with Crippen LogP contribution in [0.3, 0.4) is 0 Å². The Balaban J connectivity index is 2.56. The van der Waals surface area contributed by atoms with E-state index in [0.29, 0.717) is 10.0 Å². The predicted molar refractivity (Wildman–Crippen MR) is 96.5 cm³/mol. The molecule has 0 aromatic heterocycles. The smallest absolute Gasteiger partial charge is 0.142 e. The summed E-state index contributed by atoms with van der Waals surface area (Å²) < 4.78 is 17.0. The lowest BCUT2D eigenvalue weighted by molar-refractivity contribution is 0.554. The molecular weight excluding hydrogens is 500 g/mol. The lowest BCUT2D eigenvalue weighted by Crippen LogP contribution is -2.23. The molecule has 0 spiro atoms. The minimum atomic E-state index is -0.218. The Bertz CT molecular complexity index is 617. The van der Waals surface area contributed by atoms with Crippen LogP contribution in [0.1, 0.15) is 24.1 Å². The molecule has 1 nitrogen and oxygen atoms in total. The van der Waals surface area contributed by atoms with Crippen molar-refractivity contribution in [2.45, 2.75) is 13.0 Å². The average molecular weight is 513 g/mol. The van der Waals surface area contributed by atoms with Crippen molar-refractivity contribution in [3.05, 3.63) is 65.9 Å². The molecule has 1 atom stereocenters. The number of benzene rings is 2. The van der Waals surface area contributed by atoms with Crippen LogP contribution >= 0.6 is 54.5 Å². The molecule has 0 amide bonds. The highest BCUT2D eigenvalue weighted by atomic mass is 127. The summed E-state index contributed by atoms with van der Waals surface area (Å²) in [5, 5.41) is 3.36. The summed E-state index contributed by atoms with van der Waals surface area (Å²) in [5.41, 5.74) is 1.68. The van der Waals surface area contributed by atoms with E-state index < -0.39 is 0 Å². The highest BCUT2D eigenvalue weighted by Crippen LogP contribution is 2.33. The topological polar surface area (TPSA) is 12.0 Å². The fraction of sp³-hybridized carbons (Fsp3) is 0.200. The summed E-state index contributed by atoms with van der Waals surface area (Å²) >= 11 is 9.09. The molecular formula is C15H13Br2FIN. The third-order valence-electron chi connectivity index (χ3n) is 2.97. The van der Waals surface area contributed by atoms with Gasteiger partial charge in [0.15, 0.2) is 0 Å². The van der Waals surface area contributed by atoms with Gasteiger partial charge in [-0.05, 0) is 74.9 Å². The lowest BCUT2D eigenvalue weighted by atomic mass is 9.98. The summed E-state index contributed by atoms with van der Waals surface area (Å²) in [6.07, 6.45) is 0. The van der Waals surface area contributed by atoms with Gasteiger partial charge in [-0.2, -0.15) is 0 Å². The van der Waals surface area contributed by atoms with Gasteiger partial charge >= 0.3 is 0 Å². The van der Waals surface area contributed by atoms with Gasteiger partial charge in [-0.3, -0.25) is 0 Å². The molecule has 0 saturated heterocycles. The summed E-state index contributed by atoms with van der Waals surface area (Å²) in [4.78, 5) is 0. The maximum atomic E-state index is 14.4. The Hall–Kier alpha value is 0.0200. The van der Waals surface area contributed by atoms with Gasteiger partial charge in [0.25, 0.3) is 0 Å². The highest BCUT2D eigenvalue weighted by molar-refractivity contribution is 14.1. The largest absolute Gasteiger partial charge is 0.306 e. The number of hydrogen-bond donors (Lipinski definition) is 1. The summed E-state index contributed by atoms with van der Waals surface area (Å²) in [7, 11) is 0. The molecule has 5 heteroatoms. The third-order valence-corrected chi connectivity index (χ3v) is 4.98. The van der Waals surface area contributed by atoms with Crippen LogP contribution in [0.5, 0.6) is 0 Å². The first-order valence-electron chi connectivity index (χ1n) is 6.16. The first kappa shape index (κ1) is 16.4. The molecule has 0 fully saturated rings. The zero-order valence-electron chi connectivity index (χ0n) is 10.8. The van der Waals surface area contributed by atoms with E-state index in [0.717, 1.165) is 20.2 Å². The van der Waals surface area contributed by atoms with E-state index in [-0.39, 0.29) is 11.9 Å². The lowest BCUT2D eigenvalue weighted by Gasteiger charge is -2.21. The molecule has 0 aliphatic rings. The summed E-state index contributed by atoms with van der Waals surface area (Å²) in [5.74, 6) is -0.218. The minimum absolute atomic E-state index is 0.179. The van der Waals surface area contributed by atoms with Crippen LogP contribution in [0.15, 0.2) is 45.3 Å². The van der Waals surface area contributed by atoms with Crippen LogP contribution < -0.4 is 5.32 Å². The second-order valence-electron chi connectivity index (χ2n) is 4.30. The van der Waals surface area contributed by atoms with Crippen LogP contribution in [-0.2, 0) is 0 Å². The van der Waals surface area contributed by atoms with Gasteiger partial charge < -0.3 is 5.32 Å². The minimum Gasteiger partial charge on any atom is -0.306 e. The SMILES string of the molecule is CCNC(c1cc(I)ccc1Br)c1cccc(Br)c1F. The number of hydrogen-bond acceptors (Lipinski definition) is 1. The van der Waals surface area contributed by atoms with Gasteiger partial charge in [0.05, 0.1) is 10.5 Å². The van der Waals surface area contributed by atoms with Gasteiger partial charge in [0.2, 0.25) is 0 Å². The van der Waals surface area contributed by atoms with Crippen molar-refractivity contribution in [1.29, 1.82) is 0 Å². The van der Waals surface area contributed by atoms with E-state index in [1.165, 1.54) is 0 Å². The molecule has 1 N–H and O–H groups in total. The van der Waals surface area contributed by atoms with E-state index in [2.05, 4.69) is 65.8 Å². The molecule has 0 heterocycles. The van der Waals surface area contributed by atoms with Crippen molar-refractivity contribution >= 4 is 54.5 Å². The molecule has 2 aromatic rings. The molecule has 106 valence electrons. The molecule has 1 unspecified atom stereocenters. The monoisotopic (exact) mass is 511 g/mol. The van der Waals surface area contributed by atoms with Crippen molar-refractivity contribution in [3.8, 4) is 0 Å². The van der Waals surface area contributed by atoms with Gasteiger partial charge in [0, 0.05) is 13.6 Å². The maximum absolute atomic E-state index is 14.4. The first-order valence-corrected chi connectivity index (χ1v) is 8.83. The first-order chi connectivity index (χ1) is 9.54. The zero-order valence-corrected chi connectivity index (χ0v) is 16.1. The second-order valence-corrected chi connectivity index (χ2v) is 7.25. The van der Waals surface area contributed by atoms with Gasteiger partial charge in [-0.15, -0.1) is 0 Å². The highest BCUT2D eigenvalue weighted by Gasteiger charge is 2.20. The van der Waals surface area contributed by atoms with Crippen molar-refractivity contribution in [1.82, 2.24) is 5.32 Å². The van der Waals surface area contributed by atoms with Crippen LogP contribution in [0, 0.1) is 9.39 Å². The Morgan fingerprint density at radius 1 is 1.15 bits per heavy atom. The molecule has 0 bridgehead atoms. The molecule has 2 rings (SSSR count). The Kier molecular flexibility index (Phi) is 6.01. The fourth-order valence-electron chi connectivity index (χ4n) is 2.07. The average Bonchev–Trinajstić information content (AvgIpc) is 2.43. The van der Waals surface area contributed by atoms with E-state index in [4.69, 9.17) is 0 Å².